The quantitative estimate of drug-likeness (QED) is 0.504. The number of hydrogen-bond donors (Lipinski definition) is 0. The Balaban J connectivity index is 2.86. The summed E-state index contributed by atoms with van der Waals surface area (Å²) in [6.45, 7) is 14.0. The van der Waals surface area contributed by atoms with Gasteiger partial charge in [0.1, 0.15) is 13.9 Å². The molecule has 1 rings (SSSR count). The molecule has 0 bridgehead atoms. The minimum Gasteiger partial charge on any atom is -0.299 e. The summed E-state index contributed by atoms with van der Waals surface area (Å²) in [4.78, 5) is 11.9. The van der Waals surface area contributed by atoms with Crippen LogP contribution in [0.3, 0.4) is 0 Å². The molecule has 1 saturated carbocycles. The zero-order chi connectivity index (χ0) is 15.3. The van der Waals surface area contributed by atoms with E-state index >= 15 is 0 Å². The Hall–Kier alpha value is -0.553. The Kier molecular flexibility index (Phi) is 6.52. The number of rotatable bonds is 4. The number of hydrogen-bond acceptors (Lipinski definition) is 1. The van der Waals surface area contributed by atoms with Gasteiger partial charge in [-0.15, -0.1) is 11.5 Å². The minimum atomic E-state index is -1.61. The first-order valence-corrected chi connectivity index (χ1v) is 10.6. The van der Waals surface area contributed by atoms with Crippen molar-refractivity contribution in [2.75, 3.05) is 0 Å². The van der Waals surface area contributed by atoms with E-state index in [1.165, 1.54) is 6.42 Å². The molecule has 0 aromatic carbocycles. The smallest absolute Gasteiger partial charge is 0.145 e. The van der Waals surface area contributed by atoms with Crippen LogP contribution < -0.4 is 0 Å². The summed E-state index contributed by atoms with van der Waals surface area (Å²) in [7, 11) is -1.61. The van der Waals surface area contributed by atoms with Crippen LogP contribution in [-0.4, -0.2) is 13.9 Å². The molecule has 1 fully saturated rings. The van der Waals surface area contributed by atoms with Crippen LogP contribution in [-0.2, 0) is 4.79 Å². The van der Waals surface area contributed by atoms with Crippen molar-refractivity contribution in [3.05, 3.63) is 0 Å². The van der Waals surface area contributed by atoms with Crippen LogP contribution in [0, 0.1) is 17.4 Å². The van der Waals surface area contributed by atoms with Gasteiger partial charge in [-0.1, -0.05) is 48.0 Å². The standard InChI is InChI=1S/C18H32OSi/c1-14(2)20(15(3)4,16(5)6)13-9-11-17-10-7-8-12-18(17)19/h14-17H,7-8,10-12H2,1-6H3. The maximum Gasteiger partial charge on any atom is 0.145 e. The number of ketones is 1. The Labute approximate surface area is 126 Å². The molecule has 0 aromatic rings. The summed E-state index contributed by atoms with van der Waals surface area (Å²) in [5.74, 6) is 4.15. The van der Waals surface area contributed by atoms with Gasteiger partial charge in [-0.05, 0) is 29.5 Å². The third-order valence-electron chi connectivity index (χ3n) is 5.20. The predicted octanol–water partition coefficient (Wildman–Crippen LogP) is 5.36. The molecule has 0 saturated heterocycles. The van der Waals surface area contributed by atoms with E-state index in [-0.39, 0.29) is 5.92 Å². The first kappa shape index (κ1) is 17.5. The summed E-state index contributed by atoms with van der Waals surface area (Å²) in [6.07, 6.45) is 4.95. The van der Waals surface area contributed by atoms with E-state index in [1.54, 1.807) is 0 Å². The molecule has 0 heterocycles. The Morgan fingerprint density at radius 3 is 2.05 bits per heavy atom. The van der Waals surface area contributed by atoms with Crippen molar-refractivity contribution in [3.8, 4) is 11.5 Å². The zero-order valence-electron chi connectivity index (χ0n) is 14.3. The second kappa shape index (κ2) is 7.45. The van der Waals surface area contributed by atoms with E-state index in [9.17, 15) is 4.79 Å². The van der Waals surface area contributed by atoms with Gasteiger partial charge >= 0.3 is 0 Å². The largest absolute Gasteiger partial charge is 0.299 e. The Bertz CT molecular complexity index is 362. The Morgan fingerprint density at radius 2 is 1.60 bits per heavy atom. The first-order valence-electron chi connectivity index (χ1n) is 8.35. The fourth-order valence-electron chi connectivity index (χ4n) is 4.03. The fraction of sp³-hybridized carbons (Fsp3) is 0.833. The SMILES string of the molecule is CC(C)[Si](C#CCC1CCCCC1=O)(C(C)C)C(C)C. The van der Waals surface area contributed by atoms with E-state index in [0.717, 1.165) is 25.7 Å². The summed E-state index contributed by atoms with van der Waals surface area (Å²) in [5, 5.41) is 0. The summed E-state index contributed by atoms with van der Waals surface area (Å²) in [6, 6.07) is 0. The average Bonchev–Trinajstić information content (AvgIpc) is 2.35. The monoisotopic (exact) mass is 292 g/mol. The van der Waals surface area contributed by atoms with Gasteiger partial charge in [0.2, 0.25) is 0 Å². The second-order valence-corrected chi connectivity index (χ2v) is 12.9. The van der Waals surface area contributed by atoms with Crippen molar-refractivity contribution in [1.82, 2.24) is 0 Å². The lowest BCUT2D eigenvalue weighted by Gasteiger charge is -2.38. The van der Waals surface area contributed by atoms with Gasteiger partial charge in [0.05, 0.1) is 0 Å². The van der Waals surface area contributed by atoms with E-state index in [1.807, 2.05) is 0 Å². The van der Waals surface area contributed by atoms with E-state index in [2.05, 4.69) is 53.0 Å². The van der Waals surface area contributed by atoms with E-state index in [4.69, 9.17) is 0 Å². The van der Waals surface area contributed by atoms with Crippen LogP contribution in [0.1, 0.15) is 73.6 Å². The maximum absolute atomic E-state index is 11.9. The van der Waals surface area contributed by atoms with Gasteiger partial charge in [0, 0.05) is 18.8 Å². The lowest BCUT2D eigenvalue weighted by Crippen LogP contribution is -2.43. The van der Waals surface area contributed by atoms with Crippen LogP contribution in [0.25, 0.3) is 0 Å². The zero-order valence-corrected chi connectivity index (χ0v) is 15.3. The topological polar surface area (TPSA) is 17.1 Å². The van der Waals surface area contributed by atoms with Crippen LogP contribution in [0.15, 0.2) is 0 Å². The number of carbonyl (C=O) groups is 1. The molecule has 1 aliphatic rings. The molecule has 0 amide bonds. The van der Waals surface area contributed by atoms with Crippen molar-refractivity contribution >= 4 is 13.9 Å². The van der Waals surface area contributed by atoms with Crippen LogP contribution >= 0.6 is 0 Å². The lowest BCUT2D eigenvalue weighted by atomic mass is 9.86. The van der Waals surface area contributed by atoms with Crippen LogP contribution in [0.5, 0.6) is 0 Å². The van der Waals surface area contributed by atoms with E-state index in [0.29, 0.717) is 22.4 Å². The first-order chi connectivity index (χ1) is 9.32. The van der Waals surface area contributed by atoms with Crippen molar-refractivity contribution in [3.63, 3.8) is 0 Å². The lowest BCUT2D eigenvalue weighted by molar-refractivity contribution is -0.124. The van der Waals surface area contributed by atoms with Crippen LogP contribution in [0.4, 0.5) is 0 Å². The van der Waals surface area contributed by atoms with Gasteiger partial charge in [0.25, 0.3) is 0 Å². The maximum atomic E-state index is 11.9. The molecule has 0 aromatic heterocycles. The molecule has 0 radical (unpaired) electrons. The van der Waals surface area contributed by atoms with Gasteiger partial charge in [-0.3, -0.25) is 4.79 Å². The normalized spacial score (nSPS) is 20.4. The summed E-state index contributed by atoms with van der Waals surface area (Å²) in [5.41, 5.74) is 5.77. The van der Waals surface area contributed by atoms with Crippen molar-refractivity contribution < 1.29 is 4.79 Å². The predicted molar refractivity (Wildman–Crippen MR) is 90.4 cm³/mol. The second-order valence-electron chi connectivity index (χ2n) is 7.31. The Morgan fingerprint density at radius 1 is 1.05 bits per heavy atom. The van der Waals surface area contributed by atoms with Crippen molar-refractivity contribution in [2.45, 2.75) is 90.3 Å². The number of carbonyl (C=O) groups excluding carboxylic acids is 1. The molecule has 1 unspecified atom stereocenters. The molecule has 1 nitrogen and oxygen atoms in total. The van der Waals surface area contributed by atoms with Crippen molar-refractivity contribution in [1.29, 1.82) is 0 Å². The third-order valence-corrected chi connectivity index (χ3v) is 11.5. The van der Waals surface area contributed by atoms with Gasteiger partial charge in [-0.2, -0.15) is 0 Å². The molecule has 0 spiro atoms. The molecule has 20 heavy (non-hydrogen) atoms. The molecular weight excluding hydrogens is 260 g/mol. The average molecular weight is 293 g/mol. The summed E-state index contributed by atoms with van der Waals surface area (Å²) >= 11 is 0. The van der Waals surface area contributed by atoms with Crippen LogP contribution in [0.2, 0.25) is 16.6 Å². The molecule has 0 aliphatic heterocycles. The molecule has 2 heteroatoms. The summed E-state index contributed by atoms with van der Waals surface area (Å²) < 4.78 is 0. The molecule has 1 atom stereocenters. The molecular formula is C18H32OSi. The third kappa shape index (κ3) is 3.76. The molecule has 0 N–H and O–H groups in total. The minimum absolute atomic E-state index is 0.231. The van der Waals surface area contributed by atoms with Gasteiger partial charge in [-0.25, -0.2) is 0 Å². The van der Waals surface area contributed by atoms with Gasteiger partial charge in [0.15, 0.2) is 0 Å². The highest BCUT2D eigenvalue weighted by atomic mass is 28.3. The molecule has 114 valence electrons. The highest BCUT2D eigenvalue weighted by Crippen LogP contribution is 2.40. The fourth-order valence-corrected chi connectivity index (χ4v) is 9.31. The van der Waals surface area contributed by atoms with Gasteiger partial charge < -0.3 is 0 Å². The van der Waals surface area contributed by atoms with Crippen molar-refractivity contribution in [2.24, 2.45) is 5.92 Å². The molecule has 1 aliphatic carbocycles. The number of Topliss-reactive ketones (excluding diaryl/α,β-unsaturated/α-hetero) is 1. The van der Waals surface area contributed by atoms with E-state index < -0.39 is 8.07 Å². The highest BCUT2D eigenvalue weighted by Gasteiger charge is 2.41. The highest BCUT2D eigenvalue weighted by molar-refractivity contribution is 6.90.